The molecule has 4 heteroatoms. The van der Waals surface area contributed by atoms with E-state index in [0.717, 1.165) is 34.4 Å². The van der Waals surface area contributed by atoms with Crippen molar-refractivity contribution in [2.24, 2.45) is 5.92 Å². The molecule has 1 aliphatic rings. The lowest BCUT2D eigenvalue weighted by atomic mass is 10.1. The summed E-state index contributed by atoms with van der Waals surface area (Å²) in [4.78, 5) is 11.2. The standard InChI is InChI=1S/C16H17N3O/c1-10-7-8-19(11(10)2)16-15-14(17-9-18-16)12-5-3-4-6-13(12)20-15/h3-6,9-11H,7-8H2,1-2H3. The lowest BCUT2D eigenvalue weighted by Gasteiger charge is -2.24. The van der Waals surface area contributed by atoms with Crippen LogP contribution in [0.4, 0.5) is 5.82 Å². The first kappa shape index (κ1) is 11.7. The van der Waals surface area contributed by atoms with Crippen molar-refractivity contribution in [1.29, 1.82) is 0 Å². The van der Waals surface area contributed by atoms with Crippen molar-refractivity contribution in [3.05, 3.63) is 30.6 Å². The zero-order valence-corrected chi connectivity index (χ0v) is 11.7. The van der Waals surface area contributed by atoms with Gasteiger partial charge in [0.25, 0.3) is 0 Å². The molecule has 1 saturated heterocycles. The highest BCUT2D eigenvalue weighted by Gasteiger charge is 2.30. The van der Waals surface area contributed by atoms with E-state index in [2.05, 4.69) is 28.7 Å². The van der Waals surface area contributed by atoms with Crippen LogP contribution in [0.25, 0.3) is 22.1 Å². The van der Waals surface area contributed by atoms with Gasteiger partial charge in [-0.3, -0.25) is 0 Å². The summed E-state index contributed by atoms with van der Waals surface area (Å²) in [5.41, 5.74) is 2.61. The first-order valence-corrected chi connectivity index (χ1v) is 7.14. The molecule has 102 valence electrons. The van der Waals surface area contributed by atoms with E-state index in [4.69, 9.17) is 4.42 Å². The van der Waals surface area contributed by atoms with Crippen molar-refractivity contribution >= 4 is 27.9 Å². The lowest BCUT2D eigenvalue weighted by molar-refractivity contribution is 0.543. The van der Waals surface area contributed by atoms with E-state index in [1.54, 1.807) is 6.33 Å². The van der Waals surface area contributed by atoms with Gasteiger partial charge in [0.05, 0.1) is 0 Å². The van der Waals surface area contributed by atoms with Crippen molar-refractivity contribution in [2.45, 2.75) is 26.3 Å². The second-order valence-electron chi connectivity index (χ2n) is 5.67. The van der Waals surface area contributed by atoms with Gasteiger partial charge in [0.15, 0.2) is 11.4 Å². The van der Waals surface area contributed by atoms with Crippen LogP contribution in [0.3, 0.4) is 0 Å². The number of aromatic nitrogens is 2. The average molecular weight is 267 g/mol. The fraction of sp³-hybridized carbons (Fsp3) is 0.375. The molecule has 0 N–H and O–H groups in total. The van der Waals surface area contributed by atoms with Crippen LogP contribution < -0.4 is 4.90 Å². The summed E-state index contributed by atoms with van der Waals surface area (Å²) in [5.74, 6) is 1.62. The molecule has 1 aromatic carbocycles. The van der Waals surface area contributed by atoms with Crippen molar-refractivity contribution in [1.82, 2.24) is 9.97 Å². The summed E-state index contributed by atoms with van der Waals surface area (Å²) in [6.45, 7) is 5.58. The molecule has 20 heavy (non-hydrogen) atoms. The van der Waals surface area contributed by atoms with E-state index < -0.39 is 0 Å². The van der Waals surface area contributed by atoms with Crippen molar-refractivity contribution in [2.75, 3.05) is 11.4 Å². The van der Waals surface area contributed by atoms with Crippen LogP contribution in [0.1, 0.15) is 20.3 Å². The quantitative estimate of drug-likeness (QED) is 0.675. The summed E-state index contributed by atoms with van der Waals surface area (Å²) in [7, 11) is 0. The minimum absolute atomic E-state index is 0.487. The SMILES string of the molecule is CC1CCN(c2ncnc3c2oc2ccccc23)C1C. The fourth-order valence-corrected chi connectivity index (χ4v) is 3.11. The number of fused-ring (bicyclic) bond motifs is 3. The van der Waals surface area contributed by atoms with E-state index in [-0.39, 0.29) is 0 Å². The van der Waals surface area contributed by atoms with Crippen LogP contribution in [0, 0.1) is 5.92 Å². The van der Waals surface area contributed by atoms with Gasteiger partial charge in [0.1, 0.15) is 17.4 Å². The third-order valence-electron chi connectivity index (χ3n) is 4.55. The third-order valence-corrected chi connectivity index (χ3v) is 4.55. The minimum Gasteiger partial charge on any atom is -0.450 e. The summed E-state index contributed by atoms with van der Waals surface area (Å²) < 4.78 is 6.01. The Bertz CT molecular complexity index is 780. The monoisotopic (exact) mass is 267 g/mol. The highest BCUT2D eigenvalue weighted by atomic mass is 16.3. The van der Waals surface area contributed by atoms with Crippen molar-refractivity contribution in [3.8, 4) is 0 Å². The van der Waals surface area contributed by atoms with Crippen LogP contribution >= 0.6 is 0 Å². The van der Waals surface area contributed by atoms with E-state index in [1.807, 2.05) is 24.3 Å². The zero-order chi connectivity index (χ0) is 13.7. The highest BCUT2D eigenvalue weighted by Crippen LogP contribution is 2.36. The Kier molecular flexibility index (Phi) is 2.46. The number of hydrogen-bond acceptors (Lipinski definition) is 4. The van der Waals surface area contributed by atoms with Gasteiger partial charge >= 0.3 is 0 Å². The molecule has 0 saturated carbocycles. The normalized spacial score (nSPS) is 23.0. The summed E-state index contributed by atoms with van der Waals surface area (Å²) in [6, 6.07) is 8.52. The largest absolute Gasteiger partial charge is 0.450 e. The Labute approximate surface area is 117 Å². The number of para-hydroxylation sites is 1. The second kappa shape index (κ2) is 4.20. The summed E-state index contributed by atoms with van der Waals surface area (Å²) >= 11 is 0. The topological polar surface area (TPSA) is 42.2 Å². The molecule has 0 spiro atoms. The maximum atomic E-state index is 6.01. The van der Waals surface area contributed by atoms with Crippen LogP contribution in [-0.4, -0.2) is 22.6 Å². The number of rotatable bonds is 1. The van der Waals surface area contributed by atoms with Crippen LogP contribution in [0.15, 0.2) is 35.0 Å². The van der Waals surface area contributed by atoms with Gasteiger partial charge in [-0.15, -0.1) is 0 Å². The molecule has 0 radical (unpaired) electrons. The Morgan fingerprint density at radius 1 is 1.20 bits per heavy atom. The average Bonchev–Trinajstić information content (AvgIpc) is 3.01. The molecule has 1 aliphatic heterocycles. The van der Waals surface area contributed by atoms with E-state index >= 15 is 0 Å². The molecule has 2 aromatic heterocycles. The summed E-state index contributed by atoms with van der Waals surface area (Å²) in [6.07, 6.45) is 2.85. The zero-order valence-electron chi connectivity index (χ0n) is 11.7. The molecule has 1 fully saturated rings. The van der Waals surface area contributed by atoms with Gasteiger partial charge < -0.3 is 9.32 Å². The predicted molar refractivity (Wildman–Crippen MR) is 79.9 cm³/mol. The Morgan fingerprint density at radius 3 is 2.85 bits per heavy atom. The van der Waals surface area contributed by atoms with Crippen molar-refractivity contribution in [3.63, 3.8) is 0 Å². The molecule has 0 bridgehead atoms. The van der Waals surface area contributed by atoms with Crippen LogP contribution in [0.2, 0.25) is 0 Å². The molecular weight excluding hydrogens is 250 g/mol. The van der Waals surface area contributed by atoms with E-state index in [9.17, 15) is 0 Å². The first-order valence-electron chi connectivity index (χ1n) is 7.14. The van der Waals surface area contributed by atoms with Gasteiger partial charge in [-0.1, -0.05) is 19.1 Å². The maximum Gasteiger partial charge on any atom is 0.196 e. The number of benzene rings is 1. The van der Waals surface area contributed by atoms with Gasteiger partial charge in [-0.2, -0.15) is 0 Å². The number of anilines is 1. The molecule has 0 aliphatic carbocycles. The number of hydrogen-bond donors (Lipinski definition) is 0. The van der Waals surface area contributed by atoms with Gasteiger partial charge in [-0.25, -0.2) is 9.97 Å². The Morgan fingerprint density at radius 2 is 2.05 bits per heavy atom. The molecular formula is C16H17N3O. The Hall–Kier alpha value is -2.10. The number of nitrogens with zero attached hydrogens (tertiary/aromatic N) is 3. The molecule has 4 nitrogen and oxygen atoms in total. The van der Waals surface area contributed by atoms with Gasteiger partial charge in [0, 0.05) is 18.0 Å². The van der Waals surface area contributed by atoms with E-state index in [0.29, 0.717) is 12.0 Å². The third kappa shape index (κ3) is 1.54. The minimum atomic E-state index is 0.487. The number of furan rings is 1. The van der Waals surface area contributed by atoms with Crippen molar-refractivity contribution < 1.29 is 4.42 Å². The molecule has 2 atom stereocenters. The molecule has 4 rings (SSSR count). The fourth-order valence-electron chi connectivity index (χ4n) is 3.11. The van der Waals surface area contributed by atoms with Crippen LogP contribution in [0.5, 0.6) is 0 Å². The highest BCUT2D eigenvalue weighted by molar-refractivity contribution is 6.05. The summed E-state index contributed by atoms with van der Waals surface area (Å²) in [5, 5.41) is 1.06. The maximum absolute atomic E-state index is 6.01. The molecule has 2 unspecified atom stereocenters. The molecule has 0 amide bonds. The smallest absolute Gasteiger partial charge is 0.196 e. The molecule has 3 heterocycles. The lowest BCUT2D eigenvalue weighted by Crippen LogP contribution is -2.29. The van der Waals surface area contributed by atoms with Gasteiger partial charge in [0.2, 0.25) is 0 Å². The first-order chi connectivity index (χ1) is 9.75. The Balaban J connectivity index is 1.96. The second-order valence-corrected chi connectivity index (χ2v) is 5.67. The van der Waals surface area contributed by atoms with Crippen LogP contribution in [-0.2, 0) is 0 Å². The van der Waals surface area contributed by atoms with Gasteiger partial charge in [-0.05, 0) is 31.4 Å². The molecule has 3 aromatic rings. The van der Waals surface area contributed by atoms with E-state index in [1.165, 1.54) is 6.42 Å². The predicted octanol–water partition coefficient (Wildman–Crippen LogP) is 3.61.